The van der Waals surface area contributed by atoms with E-state index in [1.54, 1.807) is 0 Å². The van der Waals surface area contributed by atoms with Crippen molar-refractivity contribution in [1.29, 1.82) is 0 Å². The quantitative estimate of drug-likeness (QED) is 0.0146. The summed E-state index contributed by atoms with van der Waals surface area (Å²) in [6, 6.07) is 0. The molecule has 63 heavy (non-hydrogen) atoms. The van der Waals surface area contributed by atoms with Gasteiger partial charge in [-0.1, -0.05) is 186 Å². The first-order valence-electron chi connectivity index (χ1n) is 25.1. The zero-order valence-corrected chi connectivity index (χ0v) is 40.3. The Hall–Kier alpha value is -1.67. The van der Waals surface area contributed by atoms with Gasteiger partial charge in [0.1, 0.15) is 43.2 Å². The number of unbranched alkanes of at least 4 members (excludes halogenated alkanes) is 26. The summed E-state index contributed by atoms with van der Waals surface area (Å²) in [7, 11) is -5.12. The third-order valence-corrected chi connectivity index (χ3v) is 12.8. The van der Waals surface area contributed by atoms with Gasteiger partial charge < -0.3 is 39.9 Å². The second-order valence-electron chi connectivity index (χ2n) is 17.7. The maximum absolute atomic E-state index is 12.8. The van der Waals surface area contributed by atoms with Crippen LogP contribution in [0.4, 0.5) is 0 Å². The molecular weight excluding hydrogens is 828 g/mol. The molecule has 6 unspecified atom stereocenters. The van der Waals surface area contributed by atoms with Crippen molar-refractivity contribution in [2.75, 3.05) is 13.2 Å². The van der Waals surface area contributed by atoms with Gasteiger partial charge >= 0.3 is 19.8 Å². The first-order valence-corrected chi connectivity index (χ1v) is 26.6. The molecule has 0 aromatic carbocycles. The molecule has 0 spiro atoms. The number of phosphoric ester groups is 1. The lowest BCUT2D eigenvalue weighted by molar-refractivity contribution is -0.220. The maximum atomic E-state index is 12.8. The molecule has 6 atom stereocenters. The Kier molecular flexibility index (Phi) is 37.2. The Labute approximate surface area is 381 Å². The van der Waals surface area contributed by atoms with Gasteiger partial charge in [0.15, 0.2) is 6.10 Å². The number of esters is 2. The van der Waals surface area contributed by atoms with Crippen molar-refractivity contribution in [3.63, 3.8) is 0 Å². The Bertz CT molecular complexity index is 1200. The molecular formula is C49H91O13P. The molecule has 14 heteroatoms. The van der Waals surface area contributed by atoms with Crippen LogP contribution in [0.1, 0.15) is 219 Å². The van der Waals surface area contributed by atoms with Crippen LogP contribution in [0.2, 0.25) is 0 Å². The SMILES string of the molecule is CCCCC/C=C\C/C=C\CCCCCCCCCCCC(=O)OC(COC(=O)CCCCCCCCCCCCCCCCC)COP(=O)(O)OC1C(O)C(O)C(O)C(O)C1O. The van der Waals surface area contributed by atoms with Crippen molar-refractivity contribution < 1.29 is 63.1 Å². The summed E-state index contributed by atoms with van der Waals surface area (Å²) < 4.78 is 33.6. The highest BCUT2D eigenvalue weighted by Gasteiger charge is 2.51. The van der Waals surface area contributed by atoms with Crippen LogP contribution < -0.4 is 0 Å². The van der Waals surface area contributed by atoms with Crippen LogP contribution in [0.15, 0.2) is 24.3 Å². The third kappa shape index (κ3) is 31.8. The Morgan fingerprint density at radius 3 is 1.32 bits per heavy atom. The van der Waals surface area contributed by atoms with E-state index in [4.69, 9.17) is 18.5 Å². The summed E-state index contributed by atoms with van der Waals surface area (Å²) in [5.74, 6) is -1.09. The smallest absolute Gasteiger partial charge is 0.462 e. The van der Waals surface area contributed by atoms with E-state index < -0.39 is 75.7 Å². The molecule has 0 amide bonds. The van der Waals surface area contributed by atoms with Crippen molar-refractivity contribution in [3.8, 4) is 0 Å². The van der Waals surface area contributed by atoms with Crippen molar-refractivity contribution in [3.05, 3.63) is 24.3 Å². The minimum atomic E-state index is -5.12. The molecule has 6 N–H and O–H groups in total. The van der Waals surface area contributed by atoms with E-state index in [0.29, 0.717) is 12.8 Å². The summed E-state index contributed by atoms with van der Waals surface area (Å²) in [5.41, 5.74) is 0. The highest BCUT2D eigenvalue weighted by Crippen LogP contribution is 2.47. The van der Waals surface area contributed by atoms with Gasteiger partial charge in [-0.2, -0.15) is 0 Å². The van der Waals surface area contributed by atoms with Crippen molar-refractivity contribution >= 4 is 19.8 Å². The average molecular weight is 919 g/mol. The van der Waals surface area contributed by atoms with E-state index in [0.717, 1.165) is 57.8 Å². The second-order valence-corrected chi connectivity index (χ2v) is 19.1. The van der Waals surface area contributed by atoms with Gasteiger partial charge in [0.05, 0.1) is 6.61 Å². The van der Waals surface area contributed by atoms with Gasteiger partial charge in [0, 0.05) is 12.8 Å². The summed E-state index contributed by atoms with van der Waals surface area (Å²) in [4.78, 5) is 35.8. The van der Waals surface area contributed by atoms with Gasteiger partial charge in [-0.15, -0.1) is 0 Å². The predicted molar refractivity (Wildman–Crippen MR) is 249 cm³/mol. The first kappa shape index (κ1) is 59.3. The zero-order valence-electron chi connectivity index (χ0n) is 39.4. The third-order valence-electron chi connectivity index (χ3n) is 11.8. The van der Waals surface area contributed by atoms with E-state index in [2.05, 4.69) is 38.2 Å². The monoisotopic (exact) mass is 919 g/mol. The number of hydrogen-bond donors (Lipinski definition) is 6. The molecule has 1 aliphatic carbocycles. The molecule has 1 saturated carbocycles. The fourth-order valence-corrected chi connectivity index (χ4v) is 8.70. The minimum Gasteiger partial charge on any atom is -0.462 e. The second kappa shape index (κ2) is 39.5. The topological polar surface area (TPSA) is 210 Å². The van der Waals surface area contributed by atoms with Crippen molar-refractivity contribution in [2.45, 2.75) is 262 Å². The summed E-state index contributed by atoms with van der Waals surface area (Å²) in [6.07, 6.45) is 30.8. The van der Waals surface area contributed by atoms with Crippen LogP contribution in [0.25, 0.3) is 0 Å². The molecule has 0 saturated heterocycles. The minimum absolute atomic E-state index is 0.0948. The molecule has 0 bridgehead atoms. The molecule has 370 valence electrons. The normalized spacial score (nSPS) is 21.8. The lowest BCUT2D eigenvalue weighted by Gasteiger charge is -2.41. The number of carbonyl (C=O) groups excluding carboxylic acids is 2. The van der Waals surface area contributed by atoms with E-state index in [-0.39, 0.29) is 12.8 Å². The van der Waals surface area contributed by atoms with E-state index in [1.165, 1.54) is 122 Å². The molecule has 1 fully saturated rings. The lowest BCUT2D eigenvalue weighted by atomic mass is 9.85. The molecule has 0 heterocycles. The van der Waals surface area contributed by atoms with Crippen LogP contribution in [-0.4, -0.2) is 98.3 Å². The molecule has 0 aromatic heterocycles. The van der Waals surface area contributed by atoms with E-state index >= 15 is 0 Å². The van der Waals surface area contributed by atoms with Crippen LogP contribution in [-0.2, 0) is 32.7 Å². The zero-order chi connectivity index (χ0) is 46.4. The van der Waals surface area contributed by atoms with Crippen molar-refractivity contribution in [2.24, 2.45) is 0 Å². The fraction of sp³-hybridized carbons (Fsp3) is 0.878. The fourth-order valence-electron chi connectivity index (χ4n) is 7.73. The summed E-state index contributed by atoms with van der Waals surface area (Å²) in [6.45, 7) is 3.30. The summed E-state index contributed by atoms with van der Waals surface area (Å²) in [5, 5.41) is 50.2. The van der Waals surface area contributed by atoms with E-state index in [1.807, 2.05) is 0 Å². The number of carbonyl (C=O) groups is 2. The number of hydrogen-bond acceptors (Lipinski definition) is 12. The largest absolute Gasteiger partial charge is 0.472 e. The molecule has 13 nitrogen and oxygen atoms in total. The van der Waals surface area contributed by atoms with Gasteiger partial charge in [0.25, 0.3) is 0 Å². The summed E-state index contributed by atoms with van der Waals surface area (Å²) >= 11 is 0. The molecule has 1 rings (SSSR count). The number of aliphatic hydroxyl groups is 5. The molecule has 1 aliphatic rings. The number of aliphatic hydroxyl groups excluding tert-OH is 5. The standard InChI is InChI=1S/C49H91O13P/c1-3-5-7-9-11-13-15-17-19-20-21-22-24-26-28-30-32-34-36-38-43(51)61-41(40-60-63(57,58)62-49-47(55)45(53)44(52)46(54)48(49)56)39-59-42(50)37-35-33-31-29-27-25-23-18-16-14-12-10-8-6-4-2/h11,13,17,19,41,44-49,52-56H,3-10,12,14-16,18,20-40H2,1-2H3,(H,57,58)/b13-11-,19-17-. The molecule has 0 radical (unpaired) electrons. The van der Waals surface area contributed by atoms with Crippen LogP contribution >= 0.6 is 7.82 Å². The van der Waals surface area contributed by atoms with Gasteiger partial charge in [-0.05, 0) is 44.9 Å². The number of rotatable bonds is 42. The number of allylic oxidation sites excluding steroid dienone is 4. The highest BCUT2D eigenvalue weighted by atomic mass is 31.2. The molecule has 0 aliphatic heterocycles. The first-order chi connectivity index (χ1) is 30.4. The Morgan fingerprint density at radius 2 is 0.857 bits per heavy atom. The van der Waals surface area contributed by atoms with Crippen molar-refractivity contribution in [1.82, 2.24) is 0 Å². The highest BCUT2D eigenvalue weighted by molar-refractivity contribution is 7.47. The van der Waals surface area contributed by atoms with Crippen LogP contribution in [0, 0.1) is 0 Å². The number of ether oxygens (including phenoxy) is 2. The van der Waals surface area contributed by atoms with Crippen LogP contribution in [0.5, 0.6) is 0 Å². The predicted octanol–water partition coefficient (Wildman–Crippen LogP) is 10.4. The van der Waals surface area contributed by atoms with E-state index in [9.17, 15) is 44.6 Å². The number of phosphoric acid groups is 1. The maximum Gasteiger partial charge on any atom is 0.472 e. The van der Waals surface area contributed by atoms with Gasteiger partial charge in [-0.25, -0.2) is 4.57 Å². The lowest BCUT2D eigenvalue weighted by Crippen LogP contribution is -2.64. The molecule has 0 aromatic rings. The van der Waals surface area contributed by atoms with Gasteiger partial charge in [-0.3, -0.25) is 18.6 Å². The Balaban J connectivity index is 2.41. The average Bonchev–Trinajstić information content (AvgIpc) is 3.26. The van der Waals surface area contributed by atoms with Gasteiger partial charge in [0.2, 0.25) is 0 Å². The van der Waals surface area contributed by atoms with Crippen LogP contribution in [0.3, 0.4) is 0 Å². The Morgan fingerprint density at radius 1 is 0.492 bits per heavy atom.